The van der Waals surface area contributed by atoms with Crippen LogP contribution in [0, 0.1) is 0 Å². The molecule has 0 saturated heterocycles. The van der Waals surface area contributed by atoms with Gasteiger partial charge in [0.25, 0.3) is 0 Å². The Morgan fingerprint density at radius 1 is 1.00 bits per heavy atom. The quantitative estimate of drug-likeness (QED) is 0.647. The summed E-state index contributed by atoms with van der Waals surface area (Å²) in [6, 6.07) is 16.5. The number of hydrogen-bond donors (Lipinski definition) is 1. The Morgan fingerprint density at radius 2 is 1.71 bits per heavy atom. The van der Waals surface area contributed by atoms with Gasteiger partial charge in [-0.2, -0.15) is 0 Å². The number of nitrogens with one attached hydrogen (secondary N) is 1. The van der Waals surface area contributed by atoms with Crippen LogP contribution in [0.3, 0.4) is 0 Å². The number of benzene rings is 2. The van der Waals surface area contributed by atoms with Crippen molar-refractivity contribution in [1.29, 1.82) is 0 Å². The average molecular weight is 338 g/mol. The summed E-state index contributed by atoms with van der Waals surface area (Å²) < 4.78 is 5.42. The molecule has 0 aliphatic heterocycles. The van der Waals surface area contributed by atoms with Crippen LogP contribution in [-0.4, -0.2) is 12.1 Å². The maximum Gasteiger partial charge on any atom is 0.187 e. The Balaban J connectivity index is 1.79. The molecular weight excluding hydrogens is 316 g/mol. The van der Waals surface area contributed by atoms with E-state index in [2.05, 4.69) is 55.3 Å². The van der Waals surface area contributed by atoms with Gasteiger partial charge in [0.15, 0.2) is 5.13 Å². The predicted molar refractivity (Wildman–Crippen MR) is 103 cm³/mol. The molecule has 1 heterocycles. The number of ether oxygens (including phenoxy) is 1. The van der Waals surface area contributed by atoms with Gasteiger partial charge in [0, 0.05) is 16.6 Å². The summed E-state index contributed by atoms with van der Waals surface area (Å²) in [5.41, 5.74) is 4.46. The zero-order chi connectivity index (χ0) is 17.2. The third-order valence-corrected chi connectivity index (χ3v) is 4.65. The molecule has 3 rings (SSSR count). The van der Waals surface area contributed by atoms with Gasteiger partial charge in [-0.1, -0.05) is 45.0 Å². The molecule has 0 atom stereocenters. The molecule has 0 saturated carbocycles. The number of para-hydroxylation sites is 1. The number of hydrogen-bond acceptors (Lipinski definition) is 4. The average Bonchev–Trinajstić information content (AvgIpc) is 3.03. The molecule has 1 aromatic heterocycles. The maximum atomic E-state index is 5.42. The number of nitrogens with zero attached hydrogens (tertiary/aromatic N) is 1. The van der Waals surface area contributed by atoms with Crippen molar-refractivity contribution in [3.63, 3.8) is 0 Å². The highest BCUT2D eigenvalue weighted by Gasteiger charge is 2.13. The van der Waals surface area contributed by atoms with Crippen molar-refractivity contribution in [2.45, 2.75) is 26.2 Å². The number of methoxy groups -OCH3 is 1. The summed E-state index contributed by atoms with van der Waals surface area (Å²) in [7, 11) is 1.68. The van der Waals surface area contributed by atoms with Gasteiger partial charge < -0.3 is 10.1 Å². The highest BCUT2D eigenvalue weighted by Crippen LogP contribution is 2.33. The SMILES string of the molecule is COc1ccccc1-c1csc(Nc2ccc(C(C)(C)C)cc2)n1. The van der Waals surface area contributed by atoms with Gasteiger partial charge in [-0.05, 0) is 35.2 Å². The number of aromatic nitrogens is 1. The van der Waals surface area contributed by atoms with Crippen LogP contribution in [0.25, 0.3) is 11.3 Å². The zero-order valence-corrected chi connectivity index (χ0v) is 15.3. The van der Waals surface area contributed by atoms with Crippen LogP contribution in [0.4, 0.5) is 10.8 Å². The minimum absolute atomic E-state index is 0.163. The third kappa shape index (κ3) is 3.60. The molecule has 3 nitrogen and oxygen atoms in total. The van der Waals surface area contributed by atoms with Gasteiger partial charge >= 0.3 is 0 Å². The van der Waals surface area contributed by atoms with E-state index < -0.39 is 0 Å². The van der Waals surface area contributed by atoms with Crippen molar-refractivity contribution in [3.8, 4) is 17.0 Å². The summed E-state index contributed by atoms with van der Waals surface area (Å²) in [4.78, 5) is 4.68. The molecule has 24 heavy (non-hydrogen) atoms. The molecule has 3 aromatic rings. The molecule has 4 heteroatoms. The lowest BCUT2D eigenvalue weighted by molar-refractivity contribution is 0.416. The number of rotatable bonds is 4. The normalized spacial score (nSPS) is 11.3. The summed E-state index contributed by atoms with van der Waals surface area (Å²) >= 11 is 1.59. The molecule has 0 fully saturated rings. The van der Waals surface area contributed by atoms with Crippen LogP contribution in [0.2, 0.25) is 0 Å². The standard InChI is InChI=1S/C20H22N2OS/c1-20(2,3)14-9-11-15(12-10-14)21-19-22-17(13-24-19)16-7-5-6-8-18(16)23-4/h5-13H,1-4H3,(H,21,22). The van der Waals surface area contributed by atoms with E-state index >= 15 is 0 Å². The monoisotopic (exact) mass is 338 g/mol. The van der Waals surface area contributed by atoms with Gasteiger partial charge in [0.05, 0.1) is 12.8 Å². The van der Waals surface area contributed by atoms with Crippen LogP contribution in [0.5, 0.6) is 5.75 Å². The third-order valence-electron chi connectivity index (χ3n) is 3.89. The van der Waals surface area contributed by atoms with Crippen molar-refractivity contribution >= 4 is 22.2 Å². The Labute approximate surface area is 147 Å². The van der Waals surface area contributed by atoms with E-state index in [0.717, 1.165) is 27.8 Å². The molecule has 2 aromatic carbocycles. The molecule has 1 N–H and O–H groups in total. The fourth-order valence-electron chi connectivity index (χ4n) is 2.49. The lowest BCUT2D eigenvalue weighted by atomic mass is 9.87. The lowest BCUT2D eigenvalue weighted by Gasteiger charge is -2.19. The Hall–Kier alpha value is -2.33. The Morgan fingerprint density at radius 3 is 2.38 bits per heavy atom. The van der Waals surface area contributed by atoms with Gasteiger partial charge in [-0.25, -0.2) is 4.98 Å². The molecule has 0 spiro atoms. The molecule has 0 aliphatic rings. The zero-order valence-electron chi connectivity index (χ0n) is 14.5. The second kappa shape index (κ2) is 6.65. The van der Waals surface area contributed by atoms with E-state index in [1.165, 1.54) is 5.56 Å². The van der Waals surface area contributed by atoms with Crippen LogP contribution in [0.15, 0.2) is 53.9 Å². The van der Waals surface area contributed by atoms with Crippen molar-refractivity contribution in [3.05, 3.63) is 59.5 Å². The van der Waals surface area contributed by atoms with Crippen molar-refractivity contribution in [2.75, 3.05) is 12.4 Å². The Kier molecular flexibility index (Phi) is 4.58. The van der Waals surface area contributed by atoms with Crippen molar-refractivity contribution in [2.24, 2.45) is 0 Å². The molecule has 0 amide bonds. The van der Waals surface area contributed by atoms with E-state index in [0.29, 0.717) is 0 Å². The fraction of sp³-hybridized carbons (Fsp3) is 0.250. The van der Waals surface area contributed by atoms with Gasteiger partial charge in [-0.3, -0.25) is 0 Å². The molecule has 0 aliphatic carbocycles. The maximum absolute atomic E-state index is 5.42. The second-order valence-electron chi connectivity index (χ2n) is 6.69. The second-order valence-corrected chi connectivity index (χ2v) is 7.55. The minimum Gasteiger partial charge on any atom is -0.496 e. The first-order chi connectivity index (χ1) is 11.5. The first-order valence-electron chi connectivity index (χ1n) is 7.94. The predicted octanol–water partition coefficient (Wildman–Crippen LogP) is 5.86. The van der Waals surface area contributed by atoms with Crippen molar-refractivity contribution < 1.29 is 4.74 Å². The number of thiazole rings is 1. The van der Waals surface area contributed by atoms with Gasteiger partial charge in [-0.15, -0.1) is 11.3 Å². The van der Waals surface area contributed by atoms with E-state index in [-0.39, 0.29) is 5.41 Å². The smallest absolute Gasteiger partial charge is 0.187 e. The molecule has 0 radical (unpaired) electrons. The van der Waals surface area contributed by atoms with Crippen molar-refractivity contribution in [1.82, 2.24) is 4.98 Å². The molecule has 0 unspecified atom stereocenters. The highest BCUT2D eigenvalue weighted by molar-refractivity contribution is 7.14. The van der Waals surface area contributed by atoms with E-state index in [1.54, 1.807) is 18.4 Å². The molecule has 0 bridgehead atoms. The van der Waals surface area contributed by atoms with Gasteiger partial charge in [0.1, 0.15) is 5.75 Å². The minimum atomic E-state index is 0.163. The van der Waals surface area contributed by atoms with Crippen LogP contribution in [0.1, 0.15) is 26.3 Å². The topological polar surface area (TPSA) is 34.1 Å². The summed E-state index contributed by atoms with van der Waals surface area (Å²) in [6.45, 7) is 6.65. The first kappa shape index (κ1) is 16.5. The van der Waals surface area contributed by atoms with Crippen LogP contribution < -0.4 is 10.1 Å². The first-order valence-corrected chi connectivity index (χ1v) is 8.82. The Bertz CT molecular complexity index is 816. The largest absolute Gasteiger partial charge is 0.496 e. The lowest BCUT2D eigenvalue weighted by Crippen LogP contribution is -2.10. The van der Waals surface area contributed by atoms with Crippen LogP contribution in [-0.2, 0) is 5.41 Å². The summed E-state index contributed by atoms with van der Waals surface area (Å²) in [5.74, 6) is 0.837. The highest BCUT2D eigenvalue weighted by atomic mass is 32.1. The number of anilines is 2. The fourth-order valence-corrected chi connectivity index (χ4v) is 3.22. The van der Waals surface area contributed by atoms with E-state index in [4.69, 9.17) is 4.74 Å². The van der Waals surface area contributed by atoms with Crippen LogP contribution >= 0.6 is 11.3 Å². The summed E-state index contributed by atoms with van der Waals surface area (Å²) in [5, 5.41) is 6.30. The van der Waals surface area contributed by atoms with Gasteiger partial charge in [0.2, 0.25) is 0 Å². The summed E-state index contributed by atoms with van der Waals surface area (Å²) in [6.07, 6.45) is 0. The van der Waals surface area contributed by atoms with E-state index in [9.17, 15) is 0 Å². The molecular formula is C20H22N2OS. The molecule has 124 valence electrons. The van der Waals surface area contributed by atoms with E-state index in [1.807, 2.05) is 29.6 Å².